The molecular formula is C23H26N4O. The number of carbonyl (C=O) groups excluding carboxylic acids is 1. The average molecular weight is 374 g/mol. The molecule has 0 bridgehead atoms. The summed E-state index contributed by atoms with van der Waals surface area (Å²) in [5, 5.41) is 11.3. The highest BCUT2D eigenvalue weighted by atomic mass is 16.1. The molecule has 0 saturated carbocycles. The maximum atomic E-state index is 13.1. The highest BCUT2D eigenvalue weighted by molar-refractivity contribution is 6.00. The fourth-order valence-corrected chi connectivity index (χ4v) is 3.59. The molecule has 1 aromatic heterocycles. The van der Waals surface area contributed by atoms with Crippen molar-refractivity contribution in [3.63, 3.8) is 0 Å². The number of amides is 1. The molecule has 1 fully saturated rings. The average Bonchev–Trinajstić information content (AvgIpc) is 3.14. The third-order valence-electron chi connectivity index (χ3n) is 5.19. The molecule has 0 atom stereocenters. The third kappa shape index (κ3) is 4.31. The van der Waals surface area contributed by atoms with Crippen molar-refractivity contribution in [2.45, 2.75) is 32.4 Å². The summed E-state index contributed by atoms with van der Waals surface area (Å²) in [5.74, 6) is -0.0400. The molecule has 144 valence electrons. The molecule has 2 aromatic carbocycles. The number of aromatic nitrogens is 2. The predicted molar refractivity (Wildman–Crippen MR) is 111 cm³/mol. The smallest absolute Gasteiger partial charge is 0.255 e. The number of hydrogen-bond acceptors (Lipinski definition) is 3. The topological polar surface area (TPSA) is 59.0 Å². The van der Waals surface area contributed by atoms with Crippen molar-refractivity contribution in [3.8, 4) is 11.3 Å². The molecule has 0 spiro atoms. The molecule has 0 radical (unpaired) electrons. The van der Waals surface area contributed by atoms with E-state index in [4.69, 9.17) is 5.10 Å². The van der Waals surface area contributed by atoms with E-state index in [2.05, 4.69) is 41.8 Å². The molecule has 1 amide bonds. The Bertz CT molecular complexity index is 925. The summed E-state index contributed by atoms with van der Waals surface area (Å²) < 4.78 is 1.86. The normalized spacial score (nSPS) is 14.8. The van der Waals surface area contributed by atoms with Gasteiger partial charge in [-0.25, -0.2) is 0 Å². The minimum Gasteiger partial charge on any atom is -0.349 e. The van der Waals surface area contributed by atoms with Gasteiger partial charge in [-0.1, -0.05) is 60.2 Å². The van der Waals surface area contributed by atoms with Crippen LogP contribution in [0.4, 0.5) is 0 Å². The van der Waals surface area contributed by atoms with Gasteiger partial charge in [0, 0.05) is 17.8 Å². The second kappa shape index (κ2) is 8.40. The van der Waals surface area contributed by atoms with Crippen LogP contribution in [0.15, 0.2) is 60.8 Å². The molecule has 28 heavy (non-hydrogen) atoms. The first-order chi connectivity index (χ1) is 13.7. The number of aryl methyl sites for hydroxylation is 1. The number of carbonyl (C=O) groups is 1. The quantitative estimate of drug-likeness (QED) is 0.720. The Morgan fingerprint density at radius 2 is 1.82 bits per heavy atom. The van der Waals surface area contributed by atoms with Gasteiger partial charge in [0.05, 0.1) is 12.1 Å². The Labute approximate surface area is 165 Å². The zero-order valence-corrected chi connectivity index (χ0v) is 16.2. The molecule has 1 aliphatic rings. The monoisotopic (exact) mass is 374 g/mol. The van der Waals surface area contributed by atoms with E-state index < -0.39 is 0 Å². The van der Waals surface area contributed by atoms with Crippen LogP contribution in [-0.4, -0.2) is 34.8 Å². The lowest BCUT2D eigenvalue weighted by Crippen LogP contribution is -2.42. The van der Waals surface area contributed by atoms with E-state index in [1.165, 1.54) is 5.56 Å². The van der Waals surface area contributed by atoms with Gasteiger partial charge in [-0.3, -0.25) is 9.48 Å². The van der Waals surface area contributed by atoms with Crippen molar-refractivity contribution < 1.29 is 4.79 Å². The number of nitrogens with one attached hydrogen (secondary N) is 2. The lowest BCUT2D eigenvalue weighted by atomic mass is 10.0. The fourth-order valence-electron chi connectivity index (χ4n) is 3.59. The number of rotatable bonds is 5. The zero-order valence-electron chi connectivity index (χ0n) is 16.2. The standard InChI is InChI=1S/C23H26N4O/c1-17-7-9-19(10-8-17)22-21(23(28)25-20-11-13-24-14-12-20)16-27(26-22)15-18-5-3-2-4-6-18/h2-10,16,20,24H,11-15H2,1H3,(H,25,28). The van der Waals surface area contributed by atoms with Gasteiger partial charge in [-0.05, 0) is 38.4 Å². The molecule has 0 unspecified atom stereocenters. The number of benzene rings is 2. The van der Waals surface area contributed by atoms with Crippen molar-refractivity contribution in [1.82, 2.24) is 20.4 Å². The summed E-state index contributed by atoms with van der Waals surface area (Å²) in [6.07, 6.45) is 3.80. The Kier molecular flexibility index (Phi) is 5.53. The second-order valence-electron chi connectivity index (χ2n) is 7.44. The van der Waals surface area contributed by atoms with Gasteiger partial charge in [0.1, 0.15) is 5.69 Å². The van der Waals surface area contributed by atoms with Crippen molar-refractivity contribution in [3.05, 3.63) is 77.5 Å². The first-order valence-electron chi connectivity index (χ1n) is 9.89. The largest absolute Gasteiger partial charge is 0.349 e. The summed E-state index contributed by atoms with van der Waals surface area (Å²) in [6, 6.07) is 18.6. The summed E-state index contributed by atoms with van der Waals surface area (Å²) in [7, 11) is 0. The molecule has 5 heteroatoms. The van der Waals surface area contributed by atoms with Gasteiger partial charge >= 0.3 is 0 Å². The minimum absolute atomic E-state index is 0.0400. The number of piperidine rings is 1. The predicted octanol–water partition coefficient (Wildman–Crippen LogP) is 3.39. The SMILES string of the molecule is Cc1ccc(-c2nn(Cc3ccccc3)cc2C(=O)NC2CCNCC2)cc1. The van der Waals surface area contributed by atoms with Crippen LogP contribution in [0.5, 0.6) is 0 Å². The number of hydrogen-bond donors (Lipinski definition) is 2. The summed E-state index contributed by atoms with van der Waals surface area (Å²) >= 11 is 0. The number of nitrogens with zero attached hydrogens (tertiary/aromatic N) is 2. The molecule has 5 nitrogen and oxygen atoms in total. The molecule has 1 saturated heterocycles. The Morgan fingerprint density at radius 1 is 1.11 bits per heavy atom. The first-order valence-corrected chi connectivity index (χ1v) is 9.89. The molecule has 3 aromatic rings. The van der Waals surface area contributed by atoms with E-state index in [-0.39, 0.29) is 11.9 Å². The molecule has 2 N–H and O–H groups in total. The van der Waals surface area contributed by atoms with Crippen molar-refractivity contribution in [2.24, 2.45) is 0 Å². The van der Waals surface area contributed by atoms with E-state index in [9.17, 15) is 4.79 Å². The molecular weight excluding hydrogens is 348 g/mol. The highest BCUT2D eigenvalue weighted by Gasteiger charge is 2.22. The Hall–Kier alpha value is -2.92. The lowest BCUT2D eigenvalue weighted by molar-refractivity contribution is 0.0930. The van der Waals surface area contributed by atoms with Crippen molar-refractivity contribution in [2.75, 3.05) is 13.1 Å². The van der Waals surface area contributed by atoms with Crippen LogP contribution >= 0.6 is 0 Å². The van der Waals surface area contributed by atoms with E-state index in [0.717, 1.165) is 42.8 Å². The fraction of sp³-hybridized carbons (Fsp3) is 0.304. The van der Waals surface area contributed by atoms with Crippen LogP contribution in [0.25, 0.3) is 11.3 Å². The van der Waals surface area contributed by atoms with Gasteiger partial charge < -0.3 is 10.6 Å². The summed E-state index contributed by atoms with van der Waals surface area (Å²) in [4.78, 5) is 13.1. The Morgan fingerprint density at radius 3 is 2.54 bits per heavy atom. The van der Waals surface area contributed by atoms with E-state index >= 15 is 0 Å². The lowest BCUT2D eigenvalue weighted by Gasteiger charge is -2.23. The molecule has 1 aliphatic heterocycles. The highest BCUT2D eigenvalue weighted by Crippen LogP contribution is 2.23. The van der Waals surface area contributed by atoms with Crippen LogP contribution in [0, 0.1) is 6.92 Å². The van der Waals surface area contributed by atoms with E-state index in [0.29, 0.717) is 12.1 Å². The van der Waals surface area contributed by atoms with E-state index in [1.54, 1.807) is 0 Å². The Balaban J connectivity index is 1.63. The summed E-state index contributed by atoms with van der Waals surface area (Å²) in [5.41, 5.74) is 4.69. The molecule has 0 aliphatic carbocycles. The van der Waals surface area contributed by atoms with Crippen LogP contribution < -0.4 is 10.6 Å². The second-order valence-corrected chi connectivity index (χ2v) is 7.44. The van der Waals surface area contributed by atoms with Crippen molar-refractivity contribution >= 4 is 5.91 Å². The zero-order chi connectivity index (χ0) is 19.3. The van der Waals surface area contributed by atoms with Crippen LogP contribution in [0.1, 0.15) is 34.3 Å². The first kappa shape index (κ1) is 18.4. The van der Waals surface area contributed by atoms with Crippen molar-refractivity contribution in [1.29, 1.82) is 0 Å². The van der Waals surface area contributed by atoms with Gasteiger partial charge in [-0.15, -0.1) is 0 Å². The van der Waals surface area contributed by atoms with Crippen LogP contribution in [0.3, 0.4) is 0 Å². The third-order valence-corrected chi connectivity index (χ3v) is 5.19. The van der Waals surface area contributed by atoms with Gasteiger partial charge in [0.25, 0.3) is 5.91 Å². The van der Waals surface area contributed by atoms with E-state index in [1.807, 2.05) is 41.2 Å². The minimum atomic E-state index is -0.0400. The van der Waals surface area contributed by atoms with Crippen LogP contribution in [0.2, 0.25) is 0 Å². The maximum absolute atomic E-state index is 13.1. The molecule has 2 heterocycles. The van der Waals surface area contributed by atoms with Gasteiger partial charge in [-0.2, -0.15) is 5.10 Å². The van der Waals surface area contributed by atoms with Gasteiger partial charge in [0.15, 0.2) is 0 Å². The molecule has 4 rings (SSSR count). The maximum Gasteiger partial charge on any atom is 0.255 e. The summed E-state index contributed by atoms with van der Waals surface area (Å²) in [6.45, 7) is 4.59. The van der Waals surface area contributed by atoms with Gasteiger partial charge in [0.2, 0.25) is 0 Å². The van der Waals surface area contributed by atoms with Crippen LogP contribution in [-0.2, 0) is 6.54 Å².